The highest BCUT2D eigenvalue weighted by atomic mass is 16.2. The third kappa shape index (κ3) is 1.54. The molecule has 2 rings (SSSR count). The molecule has 1 amide bonds. The van der Waals surface area contributed by atoms with Crippen LogP contribution in [-0.2, 0) is 4.79 Å². The van der Waals surface area contributed by atoms with Gasteiger partial charge < -0.3 is 10.6 Å². The number of carbonyl (C=O) groups is 1. The molecule has 0 spiro atoms. The van der Waals surface area contributed by atoms with Crippen LogP contribution >= 0.6 is 0 Å². The van der Waals surface area contributed by atoms with Gasteiger partial charge in [0, 0.05) is 18.0 Å². The maximum atomic E-state index is 12.1. The molecule has 2 atom stereocenters. The van der Waals surface area contributed by atoms with Gasteiger partial charge in [0.15, 0.2) is 0 Å². The van der Waals surface area contributed by atoms with Crippen molar-refractivity contribution in [3.05, 3.63) is 0 Å². The Morgan fingerprint density at radius 1 is 1.57 bits per heavy atom. The Kier molecular flexibility index (Phi) is 2.30. The molecule has 2 aliphatic rings. The lowest BCUT2D eigenvalue weighted by molar-refractivity contribution is -0.137. The Morgan fingerprint density at radius 3 is 2.64 bits per heavy atom. The Balaban J connectivity index is 2.01. The van der Waals surface area contributed by atoms with E-state index in [-0.39, 0.29) is 5.41 Å². The van der Waals surface area contributed by atoms with Crippen LogP contribution in [0.2, 0.25) is 0 Å². The number of hydrogen-bond acceptors (Lipinski definition) is 2. The predicted molar refractivity (Wildman–Crippen MR) is 55.7 cm³/mol. The molecule has 0 aromatic heterocycles. The van der Waals surface area contributed by atoms with Gasteiger partial charge in [-0.3, -0.25) is 4.79 Å². The third-order valence-electron chi connectivity index (χ3n) is 3.77. The van der Waals surface area contributed by atoms with Gasteiger partial charge in [0.25, 0.3) is 0 Å². The first kappa shape index (κ1) is 9.97. The summed E-state index contributed by atoms with van der Waals surface area (Å²) in [6, 6.07) is 0.397. The summed E-state index contributed by atoms with van der Waals surface area (Å²) in [5, 5.41) is 0. The van der Waals surface area contributed by atoms with Crippen molar-refractivity contribution in [2.45, 2.75) is 39.2 Å². The third-order valence-corrected chi connectivity index (χ3v) is 3.77. The van der Waals surface area contributed by atoms with E-state index in [4.69, 9.17) is 5.73 Å². The van der Waals surface area contributed by atoms with Gasteiger partial charge in [0.1, 0.15) is 0 Å². The predicted octanol–water partition coefficient (Wildman–Crippen LogP) is 0.982. The minimum absolute atomic E-state index is 0.0161. The molecule has 2 unspecified atom stereocenters. The Labute approximate surface area is 85.6 Å². The number of hydrogen-bond donors (Lipinski definition) is 1. The summed E-state index contributed by atoms with van der Waals surface area (Å²) < 4.78 is 0. The number of nitrogens with two attached hydrogens (primary N) is 1. The van der Waals surface area contributed by atoms with Gasteiger partial charge >= 0.3 is 0 Å². The monoisotopic (exact) mass is 196 g/mol. The van der Waals surface area contributed by atoms with Crippen molar-refractivity contribution in [3.8, 4) is 0 Å². The van der Waals surface area contributed by atoms with Crippen molar-refractivity contribution in [1.82, 2.24) is 4.90 Å². The second-order valence-electron chi connectivity index (χ2n) is 5.20. The Bertz CT molecular complexity index is 248. The lowest BCUT2D eigenvalue weighted by atomic mass is 10.1. The summed E-state index contributed by atoms with van der Waals surface area (Å²) in [4.78, 5) is 14.1. The smallest absolute Gasteiger partial charge is 0.228 e. The first-order valence-corrected chi connectivity index (χ1v) is 5.58. The molecule has 1 aliphatic carbocycles. The molecule has 1 aliphatic heterocycles. The van der Waals surface area contributed by atoms with Crippen LogP contribution in [0, 0.1) is 11.3 Å². The topological polar surface area (TPSA) is 46.3 Å². The van der Waals surface area contributed by atoms with Crippen LogP contribution in [0.25, 0.3) is 0 Å². The highest BCUT2D eigenvalue weighted by molar-refractivity contribution is 5.85. The second kappa shape index (κ2) is 3.23. The average Bonchev–Trinajstić information content (AvgIpc) is 2.79. The van der Waals surface area contributed by atoms with Gasteiger partial charge in [0.05, 0.1) is 0 Å². The van der Waals surface area contributed by atoms with Gasteiger partial charge in [-0.25, -0.2) is 0 Å². The summed E-state index contributed by atoms with van der Waals surface area (Å²) in [6.45, 7) is 5.81. The van der Waals surface area contributed by atoms with Crippen LogP contribution in [0.5, 0.6) is 0 Å². The number of nitrogens with zero attached hydrogens (tertiary/aromatic N) is 1. The Morgan fingerprint density at radius 2 is 2.21 bits per heavy atom. The van der Waals surface area contributed by atoms with Crippen molar-refractivity contribution in [2.24, 2.45) is 17.1 Å². The normalized spacial score (nSPS) is 34.6. The van der Waals surface area contributed by atoms with Crippen LogP contribution in [0.3, 0.4) is 0 Å². The van der Waals surface area contributed by atoms with E-state index >= 15 is 0 Å². The molecular formula is C11H20N2O. The molecule has 14 heavy (non-hydrogen) atoms. The second-order valence-corrected chi connectivity index (χ2v) is 5.20. The van der Waals surface area contributed by atoms with E-state index in [1.165, 1.54) is 0 Å². The van der Waals surface area contributed by atoms with Crippen molar-refractivity contribution in [2.75, 3.05) is 13.1 Å². The van der Waals surface area contributed by atoms with E-state index in [2.05, 4.69) is 13.8 Å². The number of amides is 1. The summed E-state index contributed by atoms with van der Waals surface area (Å²) in [6.07, 6.45) is 3.23. The molecule has 0 aromatic rings. The largest absolute Gasteiger partial charge is 0.339 e. The fourth-order valence-corrected chi connectivity index (χ4v) is 2.34. The maximum absolute atomic E-state index is 12.1. The van der Waals surface area contributed by atoms with Crippen LogP contribution in [0.15, 0.2) is 0 Å². The van der Waals surface area contributed by atoms with E-state index in [1.54, 1.807) is 0 Å². The first-order chi connectivity index (χ1) is 6.57. The van der Waals surface area contributed by atoms with Gasteiger partial charge in [-0.15, -0.1) is 0 Å². The van der Waals surface area contributed by atoms with E-state index in [9.17, 15) is 4.79 Å². The van der Waals surface area contributed by atoms with Crippen LogP contribution in [-0.4, -0.2) is 29.9 Å². The molecule has 0 radical (unpaired) electrons. The fourth-order valence-electron chi connectivity index (χ4n) is 2.34. The number of carbonyl (C=O) groups excluding carboxylic acids is 1. The van der Waals surface area contributed by atoms with Crippen molar-refractivity contribution in [1.29, 1.82) is 0 Å². The van der Waals surface area contributed by atoms with Crippen LogP contribution < -0.4 is 5.73 Å². The zero-order chi connectivity index (χ0) is 10.3. The molecule has 80 valence electrons. The van der Waals surface area contributed by atoms with Gasteiger partial charge in [0.2, 0.25) is 5.91 Å². The average molecular weight is 196 g/mol. The molecule has 1 heterocycles. The van der Waals surface area contributed by atoms with Crippen LogP contribution in [0.4, 0.5) is 0 Å². The molecule has 2 fully saturated rings. The van der Waals surface area contributed by atoms with Crippen molar-refractivity contribution in [3.63, 3.8) is 0 Å². The quantitative estimate of drug-likeness (QED) is 0.715. The highest BCUT2D eigenvalue weighted by Gasteiger charge is 2.49. The van der Waals surface area contributed by atoms with Crippen molar-refractivity contribution < 1.29 is 4.79 Å². The lowest BCUT2D eigenvalue weighted by Gasteiger charge is -2.24. The van der Waals surface area contributed by atoms with Gasteiger partial charge in [-0.2, -0.15) is 0 Å². The zero-order valence-electron chi connectivity index (χ0n) is 9.12. The van der Waals surface area contributed by atoms with Crippen molar-refractivity contribution >= 4 is 5.91 Å². The Hall–Kier alpha value is -0.570. The first-order valence-electron chi connectivity index (χ1n) is 5.58. The molecule has 3 nitrogen and oxygen atoms in total. The standard InChI is InChI=1S/C11H20N2O/c1-8-5-9(6-12)7-13(8)10(14)11(2)3-4-11/h8-9H,3-7,12H2,1-2H3. The van der Waals surface area contributed by atoms with Crippen LogP contribution in [0.1, 0.15) is 33.1 Å². The summed E-state index contributed by atoms with van der Waals surface area (Å²) in [5.41, 5.74) is 5.63. The lowest BCUT2D eigenvalue weighted by Crippen LogP contribution is -2.38. The van der Waals surface area contributed by atoms with Gasteiger partial charge in [-0.05, 0) is 38.6 Å². The number of rotatable bonds is 2. The summed E-state index contributed by atoms with van der Waals surface area (Å²) in [5.74, 6) is 0.886. The molecule has 1 saturated carbocycles. The minimum Gasteiger partial charge on any atom is -0.339 e. The molecule has 3 heteroatoms. The molecule has 1 saturated heterocycles. The van der Waals surface area contributed by atoms with E-state index in [0.717, 1.165) is 25.8 Å². The minimum atomic E-state index is -0.0161. The maximum Gasteiger partial charge on any atom is 0.228 e. The highest BCUT2D eigenvalue weighted by Crippen LogP contribution is 2.47. The molecule has 0 aromatic carbocycles. The van der Waals surface area contributed by atoms with E-state index in [1.807, 2.05) is 4.90 Å². The molecule has 2 N–H and O–H groups in total. The zero-order valence-corrected chi connectivity index (χ0v) is 9.12. The molecular weight excluding hydrogens is 176 g/mol. The molecule has 0 bridgehead atoms. The summed E-state index contributed by atoms with van der Waals surface area (Å²) in [7, 11) is 0. The number of likely N-dealkylation sites (tertiary alicyclic amines) is 1. The fraction of sp³-hybridized carbons (Fsp3) is 0.909. The van der Waals surface area contributed by atoms with E-state index < -0.39 is 0 Å². The van der Waals surface area contributed by atoms with Gasteiger partial charge in [-0.1, -0.05) is 6.92 Å². The SMILES string of the molecule is CC1CC(CN)CN1C(=O)C1(C)CC1. The van der Waals surface area contributed by atoms with E-state index in [0.29, 0.717) is 24.4 Å². The summed E-state index contributed by atoms with van der Waals surface area (Å²) >= 11 is 0.